The molecule has 0 aromatic heterocycles. The Balaban J connectivity index is 2.24. The molecule has 0 radical (unpaired) electrons. The van der Waals surface area contributed by atoms with Gasteiger partial charge in [-0.25, -0.2) is 9.18 Å². The van der Waals surface area contributed by atoms with Crippen molar-refractivity contribution in [3.8, 4) is 18.2 Å². The summed E-state index contributed by atoms with van der Waals surface area (Å²) in [6, 6.07) is 10.1. The van der Waals surface area contributed by atoms with Gasteiger partial charge in [-0.2, -0.15) is 15.8 Å². The van der Waals surface area contributed by atoms with Gasteiger partial charge in [-0.15, -0.1) is 0 Å². The largest absolute Gasteiger partial charge is 0.444 e. The summed E-state index contributed by atoms with van der Waals surface area (Å²) in [5, 5.41) is 29.9. The Morgan fingerprint density at radius 1 is 1.31 bits per heavy atom. The maximum Gasteiger partial charge on any atom is 0.410 e. The topological polar surface area (TPSA) is 127 Å². The van der Waals surface area contributed by atoms with Crippen molar-refractivity contribution in [1.29, 1.82) is 15.8 Å². The van der Waals surface area contributed by atoms with Gasteiger partial charge >= 0.3 is 6.09 Å². The monoisotopic (exact) mass is 497 g/mol. The first kappa shape index (κ1) is 23.3. The second-order valence-electron chi connectivity index (χ2n) is 8.73. The van der Waals surface area contributed by atoms with Crippen molar-refractivity contribution in [1.82, 2.24) is 4.90 Å². The third-order valence-corrected chi connectivity index (χ3v) is 6.10. The van der Waals surface area contributed by atoms with E-state index < -0.39 is 34.8 Å². The third kappa shape index (κ3) is 3.83. The fourth-order valence-electron chi connectivity index (χ4n) is 4.25. The number of fused-ring (bicyclic) bond motifs is 1. The summed E-state index contributed by atoms with van der Waals surface area (Å²) in [6.07, 6.45) is 1.08. The number of benzene rings is 1. The number of carbonyl (C=O) groups is 1. The van der Waals surface area contributed by atoms with Crippen LogP contribution in [0.2, 0.25) is 0 Å². The lowest BCUT2D eigenvalue weighted by Gasteiger charge is -2.45. The Bertz CT molecular complexity index is 1150. The van der Waals surface area contributed by atoms with Crippen molar-refractivity contribution in [2.75, 3.05) is 13.1 Å². The molecule has 0 saturated carbocycles. The Labute approximate surface area is 194 Å². The van der Waals surface area contributed by atoms with E-state index in [-0.39, 0.29) is 29.9 Å². The molecule has 1 aromatic carbocycles. The van der Waals surface area contributed by atoms with Gasteiger partial charge in [0.1, 0.15) is 17.5 Å². The summed E-state index contributed by atoms with van der Waals surface area (Å²) in [4.78, 5) is 14.1. The predicted molar refractivity (Wildman–Crippen MR) is 117 cm³/mol. The van der Waals surface area contributed by atoms with Crippen LogP contribution >= 0.6 is 15.9 Å². The van der Waals surface area contributed by atoms with Crippen LogP contribution in [0.3, 0.4) is 0 Å². The van der Waals surface area contributed by atoms with Gasteiger partial charge in [0.15, 0.2) is 5.41 Å². The van der Waals surface area contributed by atoms with E-state index in [1.54, 1.807) is 26.8 Å². The normalized spacial score (nSPS) is 22.1. The van der Waals surface area contributed by atoms with Crippen molar-refractivity contribution in [2.45, 2.75) is 32.3 Å². The number of ether oxygens (including phenoxy) is 1. The summed E-state index contributed by atoms with van der Waals surface area (Å²) in [5.41, 5.74) is 3.91. The Hall–Kier alpha value is -3.35. The molecule has 7 nitrogen and oxygen atoms in total. The SMILES string of the molecule is CC(C)(C)OC(=O)N1CC=C2C(C#N)=C(N)C(C#N)(C#N)[C@H](c3cc(Br)ccc3F)[C@H]2C1. The van der Waals surface area contributed by atoms with Crippen LogP contribution in [0.25, 0.3) is 0 Å². The molecule has 0 saturated heterocycles. The fraction of sp³-hybridized carbons (Fsp3) is 0.391. The summed E-state index contributed by atoms with van der Waals surface area (Å²) in [6.45, 7) is 5.40. The van der Waals surface area contributed by atoms with Crippen molar-refractivity contribution in [3.63, 3.8) is 0 Å². The van der Waals surface area contributed by atoms with Crippen LogP contribution in [0.4, 0.5) is 9.18 Å². The second-order valence-corrected chi connectivity index (χ2v) is 9.64. The molecule has 2 aliphatic rings. The highest BCUT2D eigenvalue weighted by atomic mass is 79.9. The smallest absolute Gasteiger partial charge is 0.410 e. The number of nitrogens with zero attached hydrogens (tertiary/aromatic N) is 4. The molecule has 2 atom stereocenters. The molecule has 1 aromatic rings. The molecular formula is C23H21BrFN5O2. The van der Waals surface area contributed by atoms with Crippen LogP contribution in [0, 0.1) is 51.1 Å². The highest BCUT2D eigenvalue weighted by Gasteiger charge is 2.55. The van der Waals surface area contributed by atoms with Gasteiger partial charge in [-0.3, -0.25) is 0 Å². The molecule has 1 aliphatic heterocycles. The summed E-state index contributed by atoms with van der Waals surface area (Å²) >= 11 is 3.31. The van der Waals surface area contributed by atoms with Crippen molar-refractivity contribution in [2.24, 2.45) is 17.1 Å². The first-order valence-corrected chi connectivity index (χ1v) is 10.6. The van der Waals surface area contributed by atoms with Crippen LogP contribution in [-0.2, 0) is 4.74 Å². The number of carbonyl (C=O) groups excluding carboxylic acids is 1. The molecule has 32 heavy (non-hydrogen) atoms. The zero-order valence-corrected chi connectivity index (χ0v) is 19.4. The molecule has 1 aliphatic carbocycles. The summed E-state index contributed by atoms with van der Waals surface area (Å²) in [7, 11) is 0. The van der Waals surface area contributed by atoms with E-state index in [1.165, 1.54) is 23.1 Å². The molecule has 0 spiro atoms. The number of amides is 1. The number of nitrogens with two attached hydrogens (primary N) is 1. The van der Waals surface area contributed by atoms with E-state index in [9.17, 15) is 20.6 Å². The van der Waals surface area contributed by atoms with Crippen LogP contribution in [0.1, 0.15) is 32.3 Å². The highest BCUT2D eigenvalue weighted by molar-refractivity contribution is 9.10. The first-order valence-electron chi connectivity index (χ1n) is 9.85. The first-order chi connectivity index (χ1) is 15.0. The lowest BCUT2D eigenvalue weighted by atomic mass is 9.58. The number of nitriles is 3. The van der Waals surface area contributed by atoms with Crippen LogP contribution in [0.5, 0.6) is 0 Å². The van der Waals surface area contributed by atoms with Crippen molar-refractivity contribution in [3.05, 3.63) is 57.0 Å². The summed E-state index contributed by atoms with van der Waals surface area (Å²) in [5.74, 6) is -2.39. The zero-order valence-electron chi connectivity index (χ0n) is 17.8. The maximum atomic E-state index is 15.0. The average molecular weight is 498 g/mol. The zero-order chi connectivity index (χ0) is 23.8. The lowest BCUT2D eigenvalue weighted by Crippen LogP contribution is -2.50. The number of hydrogen-bond donors (Lipinski definition) is 1. The van der Waals surface area contributed by atoms with Crippen LogP contribution in [-0.4, -0.2) is 29.7 Å². The van der Waals surface area contributed by atoms with E-state index in [0.29, 0.717) is 10.0 Å². The van der Waals surface area contributed by atoms with Crippen molar-refractivity contribution >= 4 is 22.0 Å². The minimum absolute atomic E-state index is 0.0218. The van der Waals surface area contributed by atoms with Gasteiger partial charge in [0, 0.05) is 29.4 Å². The molecule has 9 heteroatoms. The van der Waals surface area contributed by atoms with Gasteiger partial charge in [-0.05, 0) is 50.1 Å². The maximum absolute atomic E-state index is 15.0. The fourth-order valence-corrected chi connectivity index (χ4v) is 4.63. The Morgan fingerprint density at radius 3 is 2.53 bits per heavy atom. The molecule has 3 rings (SSSR count). The summed E-state index contributed by atoms with van der Waals surface area (Å²) < 4.78 is 21.0. The molecular weight excluding hydrogens is 477 g/mol. The minimum atomic E-state index is -1.99. The van der Waals surface area contributed by atoms with Gasteiger partial charge in [0.25, 0.3) is 0 Å². The van der Waals surface area contributed by atoms with Crippen LogP contribution < -0.4 is 5.73 Å². The number of rotatable bonds is 1. The van der Waals surface area contributed by atoms with Crippen molar-refractivity contribution < 1.29 is 13.9 Å². The van der Waals surface area contributed by atoms with E-state index in [1.807, 2.05) is 18.2 Å². The molecule has 1 heterocycles. The molecule has 164 valence electrons. The van der Waals surface area contributed by atoms with Gasteiger partial charge < -0.3 is 15.4 Å². The van der Waals surface area contributed by atoms with E-state index >= 15 is 4.39 Å². The minimum Gasteiger partial charge on any atom is -0.444 e. The van der Waals surface area contributed by atoms with E-state index in [2.05, 4.69) is 15.9 Å². The third-order valence-electron chi connectivity index (χ3n) is 5.61. The molecule has 1 amide bonds. The predicted octanol–water partition coefficient (Wildman–Crippen LogP) is 4.25. The van der Waals surface area contributed by atoms with E-state index in [4.69, 9.17) is 10.5 Å². The van der Waals surface area contributed by atoms with Crippen LogP contribution in [0.15, 0.2) is 45.6 Å². The van der Waals surface area contributed by atoms with Gasteiger partial charge in [0.05, 0.1) is 23.4 Å². The number of hydrogen-bond acceptors (Lipinski definition) is 6. The van der Waals surface area contributed by atoms with E-state index in [0.717, 1.165) is 0 Å². The second kappa shape index (κ2) is 8.30. The van der Waals surface area contributed by atoms with Gasteiger partial charge in [-0.1, -0.05) is 22.0 Å². The standard InChI is InChI=1S/C23H21BrFN5O2/c1-22(2,3)32-21(31)30-7-6-14-16(9-26)20(29)23(11-27,12-28)19(17(14)10-30)15-8-13(24)4-5-18(15)25/h4-6,8,17,19H,7,10,29H2,1-3H3/t17-,19+/m0/s1. The van der Waals surface area contributed by atoms with Gasteiger partial charge in [0.2, 0.25) is 0 Å². The highest BCUT2D eigenvalue weighted by Crippen LogP contribution is 2.54. The molecule has 0 unspecified atom stereocenters. The Morgan fingerprint density at radius 2 is 1.97 bits per heavy atom. The number of halogens is 2. The molecule has 0 fully saturated rings. The quantitative estimate of drug-likeness (QED) is 0.617. The average Bonchev–Trinajstić information content (AvgIpc) is 2.73. The number of allylic oxidation sites excluding steroid dienone is 2. The molecule has 0 bridgehead atoms. The molecule has 2 N–H and O–H groups in total. The Kier molecular flexibility index (Phi) is 6.05. The lowest BCUT2D eigenvalue weighted by molar-refractivity contribution is 0.0224.